The van der Waals surface area contributed by atoms with Crippen molar-refractivity contribution in [2.75, 3.05) is 12.3 Å². The van der Waals surface area contributed by atoms with Gasteiger partial charge in [0.15, 0.2) is 11.6 Å². The number of ether oxygens (including phenoxy) is 1. The van der Waals surface area contributed by atoms with Crippen LogP contribution in [0.2, 0.25) is 0 Å². The van der Waals surface area contributed by atoms with Crippen molar-refractivity contribution >= 4 is 25.0 Å². The molecule has 0 bridgehead atoms. The van der Waals surface area contributed by atoms with Crippen molar-refractivity contribution in [1.29, 1.82) is 0 Å². The lowest BCUT2D eigenvalue weighted by Crippen LogP contribution is -2.41. The average molecular weight is 444 g/mol. The normalized spacial score (nSPS) is 17.3. The number of nitrogen functional groups attached to an aromatic ring is 1. The molecule has 1 amide bonds. The third-order valence-electron chi connectivity index (χ3n) is 5.69. The van der Waals surface area contributed by atoms with Crippen LogP contribution in [0.3, 0.4) is 0 Å². The molecule has 2 aromatic rings. The number of nitrogens with one attached hydrogen (secondary N) is 1. The standard InChI is InChI=1S/C23H27BF2N2O4/c1-22(2)23(3,4)32-24(31-22)17(12-16-10-11-18(27)20(26)19(16)25)13-28-21(29)30-14-15-8-6-5-7-9-15/h5-12H,13-14,27H2,1-4H3,(H,28,29). The maximum absolute atomic E-state index is 14.4. The van der Waals surface area contributed by atoms with E-state index in [-0.39, 0.29) is 24.4 Å². The van der Waals surface area contributed by atoms with Crippen LogP contribution >= 0.6 is 0 Å². The van der Waals surface area contributed by atoms with E-state index in [9.17, 15) is 13.6 Å². The van der Waals surface area contributed by atoms with Crippen LogP contribution in [0.5, 0.6) is 0 Å². The van der Waals surface area contributed by atoms with Gasteiger partial charge in [-0.2, -0.15) is 0 Å². The molecule has 1 heterocycles. The Morgan fingerprint density at radius 2 is 1.69 bits per heavy atom. The predicted molar refractivity (Wildman–Crippen MR) is 119 cm³/mol. The Hall–Kier alpha value is -2.91. The van der Waals surface area contributed by atoms with Gasteiger partial charge in [0.05, 0.1) is 16.9 Å². The first kappa shape index (κ1) is 23.8. The summed E-state index contributed by atoms with van der Waals surface area (Å²) in [6, 6.07) is 11.8. The zero-order valence-corrected chi connectivity index (χ0v) is 18.6. The number of rotatable bonds is 6. The van der Waals surface area contributed by atoms with Gasteiger partial charge in [-0.05, 0) is 50.9 Å². The van der Waals surface area contributed by atoms with Crippen LogP contribution in [0, 0.1) is 11.6 Å². The number of carbonyl (C=O) groups is 1. The minimum absolute atomic E-state index is 0.0409. The molecule has 1 saturated heterocycles. The van der Waals surface area contributed by atoms with Crippen molar-refractivity contribution in [3.8, 4) is 0 Å². The smallest absolute Gasteiger partial charge is 0.445 e. The minimum Gasteiger partial charge on any atom is -0.445 e. The topological polar surface area (TPSA) is 82.8 Å². The summed E-state index contributed by atoms with van der Waals surface area (Å²) in [5.74, 6) is -2.23. The predicted octanol–water partition coefficient (Wildman–Crippen LogP) is 4.49. The van der Waals surface area contributed by atoms with E-state index in [0.717, 1.165) is 5.56 Å². The lowest BCUT2D eigenvalue weighted by atomic mass is 9.77. The molecule has 0 atom stereocenters. The monoisotopic (exact) mass is 444 g/mol. The quantitative estimate of drug-likeness (QED) is 0.507. The highest BCUT2D eigenvalue weighted by Crippen LogP contribution is 2.39. The second kappa shape index (κ2) is 9.30. The number of hydrogen-bond donors (Lipinski definition) is 2. The van der Waals surface area contributed by atoms with E-state index in [0.29, 0.717) is 5.47 Å². The van der Waals surface area contributed by atoms with Gasteiger partial charge in [0.2, 0.25) is 0 Å². The summed E-state index contributed by atoms with van der Waals surface area (Å²) in [6.45, 7) is 7.52. The summed E-state index contributed by atoms with van der Waals surface area (Å²) in [6.07, 6.45) is 0.720. The largest absolute Gasteiger partial charge is 0.492 e. The van der Waals surface area contributed by atoms with E-state index in [1.54, 1.807) is 0 Å². The van der Waals surface area contributed by atoms with Crippen LogP contribution in [0.25, 0.3) is 6.08 Å². The Labute approximate surface area is 186 Å². The van der Waals surface area contributed by atoms with Crippen molar-refractivity contribution in [3.05, 3.63) is 70.7 Å². The van der Waals surface area contributed by atoms with E-state index >= 15 is 0 Å². The highest BCUT2D eigenvalue weighted by atomic mass is 19.2. The van der Waals surface area contributed by atoms with Crippen molar-refractivity contribution in [1.82, 2.24) is 5.32 Å². The molecule has 3 rings (SSSR count). The number of alkyl carbamates (subject to hydrolysis) is 1. The van der Waals surface area contributed by atoms with Crippen molar-refractivity contribution in [2.24, 2.45) is 0 Å². The first-order valence-electron chi connectivity index (χ1n) is 10.2. The fourth-order valence-corrected chi connectivity index (χ4v) is 3.04. The fraction of sp³-hybridized carbons (Fsp3) is 0.348. The van der Waals surface area contributed by atoms with Gasteiger partial charge in [0.1, 0.15) is 6.61 Å². The lowest BCUT2D eigenvalue weighted by molar-refractivity contribution is 0.00578. The van der Waals surface area contributed by atoms with Crippen LogP contribution in [-0.4, -0.2) is 31.0 Å². The Morgan fingerprint density at radius 1 is 1.06 bits per heavy atom. The molecule has 1 aliphatic heterocycles. The molecule has 1 fully saturated rings. The maximum atomic E-state index is 14.4. The fourth-order valence-electron chi connectivity index (χ4n) is 3.04. The molecule has 170 valence electrons. The molecule has 0 spiro atoms. The highest BCUT2D eigenvalue weighted by molar-refractivity contribution is 6.56. The molecular weight excluding hydrogens is 417 g/mol. The number of benzene rings is 2. The summed E-state index contributed by atoms with van der Waals surface area (Å²) in [5, 5.41) is 2.62. The van der Waals surface area contributed by atoms with Crippen molar-refractivity contribution in [2.45, 2.75) is 45.5 Å². The van der Waals surface area contributed by atoms with Gasteiger partial charge in [-0.25, -0.2) is 13.6 Å². The molecule has 0 radical (unpaired) electrons. The second-order valence-corrected chi connectivity index (χ2v) is 8.59. The van der Waals surface area contributed by atoms with Gasteiger partial charge in [0.25, 0.3) is 0 Å². The van der Waals surface area contributed by atoms with Crippen LogP contribution < -0.4 is 11.1 Å². The molecule has 32 heavy (non-hydrogen) atoms. The van der Waals surface area contributed by atoms with Gasteiger partial charge >= 0.3 is 13.2 Å². The second-order valence-electron chi connectivity index (χ2n) is 8.59. The number of hydrogen-bond acceptors (Lipinski definition) is 5. The molecule has 0 aromatic heterocycles. The van der Waals surface area contributed by atoms with Gasteiger partial charge in [-0.15, -0.1) is 0 Å². The third-order valence-corrected chi connectivity index (χ3v) is 5.69. The van der Waals surface area contributed by atoms with Gasteiger partial charge in [-0.3, -0.25) is 0 Å². The molecule has 9 heteroatoms. The highest BCUT2D eigenvalue weighted by Gasteiger charge is 2.52. The van der Waals surface area contributed by atoms with E-state index in [1.165, 1.54) is 18.2 Å². The summed E-state index contributed by atoms with van der Waals surface area (Å²) >= 11 is 0. The average Bonchev–Trinajstić information content (AvgIpc) is 2.97. The summed E-state index contributed by atoms with van der Waals surface area (Å²) in [7, 11) is -0.880. The number of amides is 1. The minimum atomic E-state index is -1.14. The van der Waals surface area contributed by atoms with Crippen LogP contribution in [0.1, 0.15) is 38.8 Å². The number of nitrogens with two attached hydrogens (primary N) is 1. The Bertz CT molecular complexity index is 997. The molecule has 2 aromatic carbocycles. The molecule has 6 nitrogen and oxygen atoms in total. The number of anilines is 1. The third kappa shape index (κ3) is 5.28. The first-order chi connectivity index (χ1) is 15.0. The molecule has 0 aliphatic carbocycles. The lowest BCUT2D eigenvalue weighted by Gasteiger charge is -2.32. The number of carbonyl (C=O) groups excluding carboxylic acids is 1. The summed E-state index contributed by atoms with van der Waals surface area (Å²) in [5.41, 5.74) is 5.02. The zero-order valence-electron chi connectivity index (χ0n) is 18.6. The van der Waals surface area contributed by atoms with E-state index in [4.69, 9.17) is 19.8 Å². The Morgan fingerprint density at radius 3 is 2.31 bits per heavy atom. The summed E-state index contributed by atoms with van der Waals surface area (Å²) in [4.78, 5) is 12.2. The van der Waals surface area contributed by atoms with Crippen LogP contribution in [0.15, 0.2) is 47.9 Å². The van der Waals surface area contributed by atoms with Crippen molar-refractivity contribution in [3.63, 3.8) is 0 Å². The van der Waals surface area contributed by atoms with E-state index < -0.39 is 36.0 Å². The van der Waals surface area contributed by atoms with Crippen LogP contribution in [-0.2, 0) is 20.7 Å². The SMILES string of the molecule is CC1(C)OB(C(=Cc2ccc(N)c(F)c2F)CNC(=O)OCc2ccccc2)OC1(C)C. The Balaban J connectivity index is 1.78. The van der Waals surface area contributed by atoms with Gasteiger partial charge in [0, 0.05) is 12.1 Å². The van der Waals surface area contributed by atoms with Gasteiger partial charge < -0.3 is 25.1 Å². The molecular formula is C23H27BF2N2O4. The maximum Gasteiger partial charge on any atom is 0.492 e. The summed E-state index contributed by atoms with van der Waals surface area (Å²) < 4.78 is 45.7. The zero-order chi connectivity index (χ0) is 23.5. The molecule has 1 aliphatic rings. The Kier molecular flexibility index (Phi) is 6.90. The number of halogens is 2. The molecule has 3 N–H and O–H groups in total. The van der Waals surface area contributed by atoms with E-state index in [1.807, 2.05) is 58.0 Å². The molecule has 0 unspecified atom stereocenters. The van der Waals surface area contributed by atoms with Crippen molar-refractivity contribution < 1.29 is 27.6 Å². The molecule has 0 saturated carbocycles. The van der Waals surface area contributed by atoms with Gasteiger partial charge in [-0.1, -0.05) is 36.4 Å². The van der Waals surface area contributed by atoms with E-state index in [2.05, 4.69) is 5.32 Å². The van der Waals surface area contributed by atoms with Crippen LogP contribution in [0.4, 0.5) is 19.3 Å². The first-order valence-corrected chi connectivity index (χ1v) is 10.2.